The summed E-state index contributed by atoms with van der Waals surface area (Å²) in [6.45, 7) is 4.47. The van der Waals surface area contributed by atoms with Crippen molar-refractivity contribution in [3.8, 4) is 0 Å². The van der Waals surface area contributed by atoms with E-state index in [4.69, 9.17) is 0 Å². The Labute approximate surface area is 107 Å². The van der Waals surface area contributed by atoms with Crippen LogP contribution in [0.1, 0.15) is 25.3 Å². The van der Waals surface area contributed by atoms with Crippen LogP contribution in [0.15, 0.2) is 22.7 Å². The maximum Gasteiger partial charge on any atom is 0.137 e. The summed E-state index contributed by atoms with van der Waals surface area (Å²) in [6, 6.07) is 5.30. The number of rotatable bonds is 2. The molecule has 2 atom stereocenters. The van der Waals surface area contributed by atoms with Crippen molar-refractivity contribution in [3.63, 3.8) is 0 Å². The van der Waals surface area contributed by atoms with Gasteiger partial charge >= 0.3 is 0 Å². The highest BCUT2D eigenvalue weighted by Crippen LogP contribution is 2.65. The topological polar surface area (TPSA) is 0 Å². The quantitative estimate of drug-likeness (QED) is 0.686. The van der Waals surface area contributed by atoms with Crippen LogP contribution < -0.4 is 0 Å². The fourth-order valence-electron chi connectivity index (χ4n) is 2.41. The standard InChI is InChI=1S/C12H13Br2F/c1-12(2)8(6-13)10(12)7-4-3-5-9(15)11(7)14/h3-5,8,10H,6H2,1-2H3. The van der Waals surface area contributed by atoms with E-state index in [0.29, 0.717) is 16.3 Å². The Balaban J connectivity index is 2.37. The van der Waals surface area contributed by atoms with Crippen molar-refractivity contribution >= 4 is 31.9 Å². The minimum atomic E-state index is -0.163. The van der Waals surface area contributed by atoms with Crippen molar-refractivity contribution in [2.45, 2.75) is 19.8 Å². The molecule has 0 aromatic heterocycles. The Morgan fingerprint density at radius 3 is 2.60 bits per heavy atom. The van der Waals surface area contributed by atoms with Crippen molar-refractivity contribution in [3.05, 3.63) is 34.1 Å². The van der Waals surface area contributed by atoms with Crippen LogP contribution in [-0.2, 0) is 0 Å². The molecule has 0 bridgehead atoms. The van der Waals surface area contributed by atoms with E-state index in [1.165, 1.54) is 6.07 Å². The summed E-state index contributed by atoms with van der Waals surface area (Å²) in [4.78, 5) is 0. The highest BCUT2D eigenvalue weighted by Gasteiger charge is 2.57. The van der Waals surface area contributed by atoms with Crippen LogP contribution in [0.3, 0.4) is 0 Å². The predicted octanol–water partition coefficient (Wildman–Crippen LogP) is 4.72. The van der Waals surface area contributed by atoms with E-state index >= 15 is 0 Å². The number of alkyl halides is 1. The molecule has 0 saturated heterocycles. The lowest BCUT2D eigenvalue weighted by Gasteiger charge is -2.06. The van der Waals surface area contributed by atoms with E-state index in [-0.39, 0.29) is 11.2 Å². The van der Waals surface area contributed by atoms with Gasteiger partial charge in [0, 0.05) is 5.33 Å². The third kappa shape index (κ3) is 1.78. The number of benzene rings is 1. The monoisotopic (exact) mass is 334 g/mol. The summed E-state index contributed by atoms with van der Waals surface area (Å²) in [5, 5.41) is 0.980. The first-order chi connectivity index (χ1) is 7.00. The largest absolute Gasteiger partial charge is 0.206 e. The molecule has 2 unspecified atom stereocenters. The van der Waals surface area contributed by atoms with Crippen molar-refractivity contribution in [1.29, 1.82) is 0 Å². The van der Waals surface area contributed by atoms with Crippen LogP contribution in [-0.4, -0.2) is 5.33 Å². The summed E-state index contributed by atoms with van der Waals surface area (Å²) in [5.74, 6) is 0.904. The number of halogens is 3. The molecule has 1 aromatic rings. The van der Waals surface area contributed by atoms with E-state index in [9.17, 15) is 4.39 Å². The molecule has 1 aliphatic carbocycles. The SMILES string of the molecule is CC1(C)C(CBr)C1c1cccc(F)c1Br. The van der Waals surface area contributed by atoms with Crippen LogP contribution >= 0.6 is 31.9 Å². The van der Waals surface area contributed by atoms with Gasteiger partial charge in [0.1, 0.15) is 5.82 Å². The van der Waals surface area contributed by atoms with Crippen LogP contribution in [0.25, 0.3) is 0 Å². The predicted molar refractivity (Wildman–Crippen MR) is 67.9 cm³/mol. The van der Waals surface area contributed by atoms with Crippen LogP contribution in [0.2, 0.25) is 0 Å². The van der Waals surface area contributed by atoms with E-state index < -0.39 is 0 Å². The molecule has 1 aliphatic rings. The summed E-state index contributed by atoms with van der Waals surface area (Å²) < 4.78 is 14.0. The summed E-state index contributed by atoms with van der Waals surface area (Å²) in [6.07, 6.45) is 0. The lowest BCUT2D eigenvalue weighted by atomic mass is 10.0. The minimum absolute atomic E-state index is 0.163. The third-order valence-corrected chi connectivity index (χ3v) is 5.07. The van der Waals surface area contributed by atoms with E-state index in [1.807, 2.05) is 6.07 Å². The van der Waals surface area contributed by atoms with Gasteiger partial charge in [-0.25, -0.2) is 4.39 Å². The number of hydrogen-bond acceptors (Lipinski definition) is 0. The molecule has 0 aliphatic heterocycles. The molecule has 0 heterocycles. The Kier molecular flexibility index (Phi) is 2.97. The normalized spacial score (nSPS) is 27.8. The second kappa shape index (κ2) is 3.85. The second-order valence-corrected chi connectivity index (χ2v) is 6.14. The Morgan fingerprint density at radius 1 is 1.40 bits per heavy atom. The lowest BCUT2D eigenvalue weighted by Crippen LogP contribution is -1.92. The maximum absolute atomic E-state index is 13.4. The molecule has 2 rings (SSSR count). The van der Waals surface area contributed by atoms with Gasteiger partial charge in [0.05, 0.1) is 4.47 Å². The van der Waals surface area contributed by atoms with Crippen molar-refractivity contribution in [2.75, 3.05) is 5.33 Å². The summed E-state index contributed by atoms with van der Waals surface area (Å²) in [5.41, 5.74) is 1.38. The van der Waals surface area contributed by atoms with E-state index in [2.05, 4.69) is 45.7 Å². The molecular formula is C12H13Br2F. The van der Waals surface area contributed by atoms with Gasteiger partial charge < -0.3 is 0 Å². The molecule has 1 saturated carbocycles. The van der Waals surface area contributed by atoms with Gasteiger partial charge in [-0.05, 0) is 44.8 Å². The lowest BCUT2D eigenvalue weighted by molar-refractivity contribution is 0.576. The molecular weight excluding hydrogens is 323 g/mol. The second-order valence-electron chi connectivity index (χ2n) is 4.70. The van der Waals surface area contributed by atoms with Gasteiger partial charge in [0.25, 0.3) is 0 Å². The Bertz CT molecular complexity index is 387. The van der Waals surface area contributed by atoms with Gasteiger partial charge in [-0.2, -0.15) is 0 Å². The maximum atomic E-state index is 13.4. The molecule has 15 heavy (non-hydrogen) atoms. The molecule has 3 heteroatoms. The third-order valence-electron chi connectivity index (χ3n) is 3.53. The van der Waals surface area contributed by atoms with Gasteiger partial charge in [-0.1, -0.05) is 41.9 Å². The Morgan fingerprint density at radius 2 is 2.07 bits per heavy atom. The van der Waals surface area contributed by atoms with Crippen molar-refractivity contribution in [2.24, 2.45) is 11.3 Å². The smallest absolute Gasteiger partial charge is 0.137 e. The van der Waals surface area contributed by atoms with Crippen LogP contribution in [0.5, 0.6) is 0 Å². The fourth-order valence-corrected chi connectivity index (χ4v) is 4.13. The van der Waals surface area contributed by atoms with Gasteiger partial charge in [-0.15, -0.1) is 0 Å². The molecule has 0 nitrogen and oxygen atoms in total. The first-order valence-corrected chi connectivity index (χ1v) is 6.91. The van der Waals surface area contributed by atoms with Gasteiger partial charge in [0.15, 0.2) is 0 Å². The van der Waals surface area contributed by atoms with Gasteiger partial charge in [-0.3, -0.25) is 0 Å². The zero-order valence-corrected chi connectivity index (χ0v) is 11.9. The van der Waals surface area contributed by atoms with Crippen molar-refractivity contribution in [1.82, 2.24) is 0 Å². The highest BCUT2D eigenvalue weighted by molar-refractivity contribution is 9.10. The molecule has 82 valence electrons. The zero-order valence-electron chi connectivity index (χ0n) is 8.73. The summed E-state index contributed by atoms with van der Waals surface area (Å²) in [7, 11) is 0. The fraction of sp³-hybridized carbons (Fsp3) is 0.500. The molecule has 0 N–H and O–H groups in total. The first-order valence-electron chi connectivity index (χ1n) is 5.00. The van der Waals surface area contributed by atoms with Crippen LogP contribution in [0.4, 0.5) is 4.39 Å². The molecule has 0 amide bonds. The highest BCUT2D eigenvalue weighted by atomic mass is 79.9. The average molecular weight is 336 g/mol. The average Bonchev–Trinajstić information content (AvgIpc) is 2.73. The van der Waals surface area contributed by atoms with E-state index in [1.54, 1.807) is 6.07 Å². The summed E-state index contributed by atoms with van der Waals surface area (Å²) >= 11 is 6.86. The first kappa shape index (κ1) is 11.6. The van der Waals surface area contributed by atoms with Crippen LogP contribution in [0, 0.1) is 17.2 Å². The molecule has 1 aromatic carbocycles. The van der Waals surface area contributed by atoms with E-state index in [0.717, 1.165) is 10.9 Å². The zero-order chi connectivity index (χ0) is 11.2. The molecule has 0 radical (unpaired) electrons. The Hall–Kier alpha value is 0.110. The molecule has 1 fully saturated rings. The van der Waals surface area contributed by atoms with Gasteiger partial charge in [0.2, 0.25) is 0 Å². The number of hydrogen-bond donors (Lipinski definition) is 0. The minimum Gasteiger partial charge on any atom is -0.206 e. The molecule has 0 spiro atoms. The van der Waals surface area contributed by atoms with Crippen molar-refractivity contribution < 1.29 is 4.39 Å².